The fraction of sp³-hybridized carbons (Fsp3) is 0.311. The maximum Gasteiger partial charge on any atom is 0.343 e. The zero-order valence-electron chi connectivity index (χ0n) is 41.3. The Morgan fingerprint density at radius 2 is 0.817 bits per heavy atom. The van der Waals surface area contributed by atoms with Crippen molar-refractivity contribution in [3.8, 4) is 45.6 Å². The van der Waals surface area contributed by atoms with E-state index >= 15 is 0 Å². The minimum Gasteiger partial charge on any atom is -0.494 e. The molecule has 0 heterocycles. The largest absolute Gasteiger partial charge is 0.494 e. The van der Waals surface area contributed by atoms with E-state index in [0.29, 0.717) is 53.1 Å². The standard InChI is InChI=1S/C61H66O10/c1-5-6-7-8-9-10-11-12-13-41-66-52-28-22-47(23-29-52)58(62)69-55-32-24-48(25-33-55)59(63)68-54-30-20-46(21-31-54)50-18-15-19-51(43-50)61(65)71-56-34-26-49(27-35-56)60(64)70-57-38-36-53(37-39-57)67-42-40-45(4)17-14-16-44(2)3/h5,15,18-39,43-45H,1,6-14,16-17,40-42H2,2-4H3/t45-/m1/s1. The van der Waals surface area contributed by atoms with Gasteiger partial charge in [0.05, 0.1) is 35.5 Å². The lowest BCUT2D eigenvalue weighted by atomic mass is 9.98. The third-order valence-electron chi connectivity index (χ3n) is 11.9. The van der Waals surface area contributed by atoms with Crippen LogP contribution in [0.4, 0.5) is 0 Å². The molecule has 6 rings (SSSR count). The number of hydrogen-bond acceptors (Lipinski definition) is 10. The number of carbonyl (C=O) groups excluding carboxylic acids is 4. The lowest BCUT2D eigenvalue weighted by Gasteiger charge is -2.13. The number of esters is 4. The predicted octanol–water partition coefficient (Wildman–Crippen LogP) is 15.1. The number of rotatable bonds is 28. The molecule has 0 saturated carbocycles. The first-order chi connectivity index (χ1) is 34.5. The second-order valence-electron chi connectivity index (χ2n) is 18.2. The van der Waals surface area contributed by atoms with E-state index in [1.165, 1.54) is 99.9 Å². The minimum absolute atomic E-state index is 0.263. The maximum absolute atomic E-state index is 13.2. The summed E-state index contributed by atoms with van der Waals surface area (Å²) in [6.45, 7) is 11.8. The van der Waals surface area contributed by atoms with Crippen molar-refractivity contribution in [2.24, 2.45) is 11.8 Å². The van der Waals surface area contributed by atoms with Crippen molar-refractivity contribution in [2.45, 2.75) is 97.8 Å². The van der Waals surface area contributed by atoms with Crippen LogP contribution in [0.5, 0.6) is 34.5 Å². The summed E-state index contributed by atoms with van der Waals surface area (Å²) in [6.07, 6.45) is 16.1. The van der Waals surface area contributed by atoms with Gasteiger partial charge in [0.25, 0.3) is 0 Å². The van der Waals surface area contributed by atoms with Crippen LogP contribution < -0.4 is 28.4 Å². The number of benzene rings is 6. The Hall–Kier alpha value is -7.46. The molecule has 6 aromatic carbocycles. The van der Waals surface area contributed by atoms with Gasteiger partial charge in [0, 0.05) is 0 Å². The third-order valence-corrected chi connectivity index (χ3v) is 11.9. The van der Waals surface area contributed by atoms with E-state index in [1.807, 2.05) is 12.1 Å². The molecule has 370 valence electrons. The summed E-state index contributed by atoms with van der Waals surface area (Å²) in [4.78, 5) is 51.9. The Kier molecular flexibility index (Phi) is 21.1. The number of unbranched alkanes of at least 4 members (excludes halogenated alkanes) is 7. The average Bonchev–Trinajstić information content (AvgIpc) is 3.38. The zero-order valence-corrected chi connectivity index (χ0v) is 41.3. The van der Waals surface area contributed by atoms with Crippen molar-refractivity contribution in [3.63, 3.8) is 0 Å². The lowest BCUT2D eigenvalue weighted by Crippen LogP contribution is -2.10. The van der Waals surface area contributed by atoms with Gasteiger partial charge in [-0.15, -0.1) is 6.58 Å². The van der Waals surface area contributed by atoms with Crippen LogP contribution in [-0.4, -0.2) is 37.1 Å². The average molecular weight is 959 g/mol. The Labute approximate surface area is 418 Å². The summed E-state index contributed by atoms with van der Waals surface area (Å²) in [5, 5.41) is 0. The monoisotopic (exact) mass is 958 g/mol. The molecular weight excluding hydrogens is 893 g/mol. The summed E-state index contributed by atoms with van der Waals surface area (Å²) in [6, 6.07) is 40.0. The fourth-order valence-corrected chi connectivity index (χ4v) is 7.68. The van der Waals surface area contributed by atoms with Gasteiger partial charge in [-0.05, 0) is 170 Å². The molecule has 0 aliphatic carbocycles. The highest BCUT2D eigenvalue weighted by Gasteiger charge is 2.16. The van der Waals surface area contributed by atoms with Crippen molar-refractivity contribution >= 4 is 23.9 Å². The van der Waals surface area contributed by atoms with E-state index in [-0.39, 0.29) is 17.1 Å². The van der Waals surface area contributed by atoms with Gasteiger partial charge in [-0.2, -0.15) is 0 Å². The molecule has 10 nitrogen and oxygen atoms in total. The van der Waals surface area contributed by atoms with Gasteiger partial charge in [-0.25, -0.2) is 19.2 Å². The van der Waals surface area contributed by atoms with E-state index in [0.717, 1.165) is 48.5 Å². The van der Waals surface area contributed by atoms with Gasteiger partial charge in [0.2, 0.25) is 0 Å². The molecule has 0 fully saturated rings. The number of ether oxygens (including phenoxy) is 6. The molecule has 1 atom stereocenters. The summed E-state index contributed by atoms with van der Waals surface area (Å²) in [5.41, 5.74) is 2.79. The topological polar surface area (TPSA) is 124 Å². The second-order valence-corrected chi connectivity index (χ2v) is 18.2. The molecule has 6 aromatic rings. The molecule has 0 saturated heterocycles. The molecule has 10 heteroatoms. The molecule has 0 aromatic heterocycles. The molecule has 0 bridgehead atoms. The quantitative estimate of drug-likeness (QED) is 0.0203. The van der Waals surface area contributed by atoms with Crippen molar-refractivity contribution in [1.82, 2.24) is 0 Å². The van der Waals surface area contributed by atoms with Crippen LogP contribution in [0.1, 0.15) is 139 Å². The molecule has 71 heavy (non-hydrogen) atoms. The maximum atomic E-state index is 13.2. The first-order valence-corrected chi connectivity index (χ1v) is 24.9. The Balaban J connectivity index is 0.902. The molecule has 0 aliphatic rings. The highest BCUT2D eigenvalue weighted by atomic mass is 16.5. The summed E-state index contributed by atoms with van der Waals surface area (Å²) in [7, 11) is 0. The Morgan fingerprint density at radius 3 is 1.31 bits per heavy atom. The van der Waals surface area contributed by atoms with Gasteiger partial charge >= 0.3 is 23.9 Å². The molecule has 0 unspecified atom stereocenters. The van der Waals surface area contributed by atoms with Crippen LogP contribution in [0.15, 0.2) is 158 Å². The fourth-order valence-electron chi connectivity index (χ4n) is 7.68. The van der Waals surface area contributed by atoms with Crippen molar-refractivity contribution < 1.29 is 47.6 Å². The molecule has 0 amide bonds. The van der Waals surface area contributed by atoms with Gasteiger partial charge in [0.1, 0.15) is 34.5 Å². The van der Waals surface area contributed by atoms with Crippen LogP contribution in [0, 0.1) is 11.8 Å². The molecular formula is C61H66O10. The molecule has 0 spiro atoms. The van der Waals surface area contributed by atoms with Crippen molar-refractivity contribution in [2.75, 3.05) is 13.2 Å². The van der Waals surface area contributed by atoms with E-state index in [4.69, 9.17) is 28.4 Å². The van der Waals surface area contributed by atoms with Crippen LogP contribution in [-0.2, 0) is 0 Å². The van der Waals surface area contributed by atoms with E-state index in [1.54, 1.807) is 91.0 Å². The van der Waals surface area contributed by atoms with Crippen LogP contribution in [0.2, 0.25) is 0 Å². The summed E-state index contributed by atoms with van der Waals surface area (Å²) < 4.78 is 34.1. The number of allylic oxidation sites excluding steroid dienone is 1. The normalized spacial score (nSPS) is 11.3. The highest BCUT2D eigenvalue weighted by molar-refractivity contribution is 5.94. The molecule has 0 radical (unpaired) electrons. The second kappa shape index (κ2) is 28.3. The van der Waals surface area contributed by atoms with Crippen molar-refractivity contribution in [3.05, 3.63) is 181 Å². The first-order valence-electron chi connectivity index (χ1n) is 24.9. The molecule has 0 N–H and O–H groups in total. The van der Waals surface area contributed by atoms with Gasteiger partial charge < -0.3 is 28.4 Å². The van der Waals surface area contributed by atoms with Crippen LogP contribution in [0.25, 0.3) is 11.1 Å². The van der Waals surface area contributed by atoms with Gasteiger partial charge in [0.15, 0.2) is 0 Å². The zero-order chi connectivity index (χ0) is 50.2. The molecule has 0 aliphatic heterocycles. The number of hydrogen-bond donors (Lipinski definition) is 0. The van der Waals surface area contributed by atoms with Crippen LogP contribution in [0.3, 0.4) is 0 Å². The summed E-state index contributed by atoms with van der Waals surface area (Å²) >= 11 is 0. The first kappa shape index (κ1) is 52.9. The van der Waals surface area contributed by atoms with Crippen LogP contribution >= 0.6 is 0 Å². The van der Waals surface area contributed by atoms with E-state index < -0.39 is 23.9 Å². The van der Waals surface area contributed by atoms with Gasteiger partial charge in [-0.1, -0.05) is 102 Å². The Morgan fingerprint density at radius 1 is 0.408 bits per heavy atom. The lowest BCUT2D eigenvalue weighted by molar-refractivity contribution is 0.0720. The van der Waals surface area contributed by atoms with Crippen molar-refractivity contribution in [1.29, 1.82) is 0 Å². The summed E-state index contributed by atoms with van der Waals surface area (Å²) in [5.74, 6) is 1.78. The van der Waals surface area contributed by atoms with E-state index in [9.17, 15) is 19.2 Å². The smallest absolute Gasteiger partial charge is 0.343 e. The number of carbonyl (C=O) groups is 4. The Bertz CT molecular complexity index is 2600. The highest BCUT2D eigenvalue weighted by Crippen LogP contribution is 2.27. The SMILES string of the molecule is C=CCCCCCCCCCOc1ccc(C(=O)Oc2ccc(C(=O)Oc3ccc(-c4cccc(C(=O)Oc5ccc(C(=O)Oc6ccc(OCC[C@H](C)CCCC(C)C)cc6)cc5)c4)cc3)cc2)cc1. The van der Waals surface area contributed by atoms with Gasteiger partial charge in [-0.3, -0.25) is 0 Å². The minimum atomic E-state index is -0.584. The van der Waals surface area contributed by atoms with E-state index in [2.05, 4.69) is 27.4 Å². The predicted molar refractivity (Wildman–Crippen MR) is 278 cm³/mol. The third kappa shape index (κ3) is 18.1.